The van der Waals surface area contributed by atoms with Gasteiger partial charge in [-0.2, -0.15) is 0 Å². The number of anilines is 1. The van der Waals surface area contributed by atoms with Crippen molar-refractivity contribution in [1.29, 1.82) is 0 Å². The van der Waals surface area contributed by atoms with Crippen LogP contribution < -0.4 is 5.32 Å². The van der Waals surface area contributed by atoms with Crippen molar-refractivity contribution in [2.45, 2.75) is 13.0 Å². The molecule has 1 N–H and O–H groups in total. The van der Waals surface area contributed by atoms with E-state index >= 15 is 0 Å². The van der Waals surface area contributed by atoms with Gasteiger partial charge in [-0.3, -0.25) is 5.32 Å². The van der Waals surface area contributed by atoms with Crippen LogP contribution in [0, 0.1) is 0 Å². The molecule has 7 heteroatoms. The van der Waals surface area contributed by atoms with Crippen molar-refractivity contribution < 1.29 is 4.79 Å². The first-order chi connectivity index (χ1) is 7.66. The van der Waals surface area contributed by atoms with Crippen molar-refractivity contribution in [3.05, 3.63) is 5.51 Å². The third-order valence-electron chi connectivity index (χ3n) is 2.67. The third-order valence-corrected chi connectivity index (χ3v) is 3.27. The molecule has 0 unspecified atom stereocenters. The van der Waals surface area contributed by atoms with Gasteiger partial charge in [0.1, 0.15) is 5.51 Å². The molecule has 1 aromatic rings. The Morgan fingerprint density at radius 2 is 2.44 bits per heavy atom. The average Bonchev–Trinajstić information content (AvgIpc) is 2.70. The summed E-state index contributed by atoms with van der Waals surface area (Å²) in [5, 5.41) is 10.8. The van der Waals surface area contributed by atoms with Gasteiger partial charge in [-0.05, 0) is 14.0 Å². The zero-order valence-electron chi connectivity index (χ0n) is 9.38. The van der Waals surface area contributed by atoms with E-state index in [1.54, 1.807) is 5.51 Å². The van der Waals surface area contributed by atoms with Gasteiger partial charge in [0.15, 0.2) is 0 Å². The number of urea groups is 1. The van der Waals surface area contributed by atoms with E-state index in [9.17, 15) is 4.79 Å². The Balaban J connectivity index is 1.94. The fraction of sp³-hybridized carbons (Fsp3) is 0.667. The maximum Gasteiger partial charge on any atom is 0.324 e. The molecule has 0 spiro atoms. The van der Waals surface area contributed by atoms with Crippen LogP contribution in [0.2, 0.25) is 0 Å². The number of carbonyl (C=O) groups excluding carboxylic acids is 1. The lowest BCUT2D eigenvalue weighted by molar-refractivity contribution is 0.125. The van der Waals surface area contributed by atoms with Crippen molar-refractivity contribution in [1.82, 2.24) is 20.0 Å². The van der Waals surface area contributed by atoms with Gasteiger partial charge < -0.3 is 9.80 Å². The Bertz CT molecular complexity index is 355. The van der Waals surface area contributed by atoms with E-state index in [0.29, 0.717) is 5.13 Å². The highest BCUT2D eigenvalue weighted by atomic mass is 32.1. The average molecular weight is 241 g/mol. The molecule has 1 aliphatic heterocycles. The van der Waals surface area contributed by atoms with Crippen molar-refractivity contribution in [2.75, 3.05) is 32.0 Å². The Labute approximate surface area is 98.3 Å². The predicted octanol–water partition coefficient (Wildman–Crippen LogP) is 0.706. The summed E-state index contributed by atoms with van der Waals surface area (Å²) in [5.41, 5.74) is 1.60. The van der Waals surface area contributed by atoms with Crippen molar-refractivity contribution in [2.24, 2.45) is 0 Å². The number of likely N-dealkylation sites (N-methyl/N-ethyl adjacent to an activating group) is 1. The highest BCUT2D eigenvalue weighted by Crippen LogP contribution is 2.13. The first-order valence-electron chi connectivity index (χ1n) is 5.19. The van der Waals surface area contributed by atoms with Crippen LogP contribution >= 0.6 is 11.3 Å². The topological polar surface area (TPSA) is 61.4 Å². The number of amides is 2. The minimum absolute atomic E-state index is 0.0858. The highest BCUT2D eigenvalue weighted by Gasteiger charge is 2.25. The van der Waals surface area contributed by atoms with Gasteiger partial charge in [-0.15, -0.1) is 10.2 Å². The molecule has 0 saturated carbocycles. The number of nitrogens with one attached hydrogen (secondary N) is 1. The molecule has 0 aliphatic carbocycles. The molecule has 1 saturated heterocycles. The van der Waals surface area contributed by atoms with Gasteiger partial charge in [0.05, 0.1) is 0 Å². The number of rotatable bonds is 1. The van der Waals surface area contributed by atoms with E-state index in [1.807, 2.05) is 4.90 Å². The monoisotopic (exact) mass is 241 g/mol. The van der Waals surface area contributed by atoms with E-state index in [2.05, 4.69) is 34.4 Å². The number of aromatic nitrogens is 2. The molecule has 88 valence electrons. The summed E-state index contributed by atoms with van der Waals surface area (Å²) in [6.45, 7) is 4.62. The SMILES string of the molecule is C[C@@H]1CN(C)CCN1C(=O)Nc1nncs1. The van der Waals surface area contributed by atoms with Crippen LogP contribution in [-0.2, 0) is 0 Å². The van der Waals surface area contributed by atoms with Gasteiger partial charge in [0, 0.05) is 25.7 Å². The number of hydrogen-bond donors (Lipinski definition) is 1. The van der Waals surface area contributed by atoms with Gasteiger partial charge in [0.2, 0.25) is 5.13 Å². The summed E-state index contributed by atoms with van der Waals surface area (Å²) in [5.74, 6) is 0. The van der Waals surface area contributed by atoms with Crippen LogP contribution in [0.5, 0.6) is 0 Å². The number of carbonyl (C=O) groups is 1. The van der Waals surface area contributed by atoms with Crippen LogP contribution in [0.15, 0.2) is 5.51 Å². The van der Waals surface area contributed by atoms with Crippen LogP contribution in [0.4, 0.5) is 9.93 Å². The molecule has 16 heavy (non-hydrogen) atoms. The van der Waals surface area contributed by atoms with E-state index in [0.717, 1.165) is 19.6 Å². The van der Waals surface area contributed by atoms with Crippen LogP contribution in [0.1, 0.15) is 6.92 Å². The van der Waals surface area contributed by atoms with Crippen LogP contribution in [0.25, 0.3) is 0 Å². The van der Waals surface area contributed by atoms with E-state index in [-0.39, 0.29) is 12.1 Å². The normalized spacial score (nSPS) is 22.1. The summed E-state index contributed by atoms with van der Waals surface area (Å²) >= 11 is 1.33. The molecule has 2 heterocycles. The fourth-order valence-electron chi connectivity index (χ4n) is 1.83. The largest absolute Gasteiger partial charge is 0.324 e. The summed E-state index contributed by atoms with van der Waals surface area (Å²) < 4.78 is 0. The van der Waals surface area contributed by atoms with Crippen molar-refractivity contribution >= 4 is 22.5 Å². The highest BCUT2D eigenvalue weighted by molar-refractivity contribution is 7.13. The lowest BCUT2D eigenvalue weighted by atomic mass is 10.2. The first kappa shape index (κ1) is 11.3. The molecular formula is C9H15N5OS. The predicted molar refractivity (Wildman–Crippen MR) is 62.6 cm³/mol. The second-order valence-corrected chi connectivity index (χ2v) is 4.81. The molecule has 1 atom stereocenters. The van der Waals surface area contributed by atoms with Crippen LogP contribution in [0.3, 0.4) is 0 Å². The molecule has 1 aliphatic rings. The molecule has 2 amide bonds. The molecule has 2 rings (SSSR count). The minimum Gasteiger partial charge on any atom is -0.319 e. The number of nitrogens with zero attached hydrogens (tertiary/aromatic N) is 4. The molecule has 6 nitrogen and oxygen atoms in total. The molecular weight excluding hydrogens is 226 g/mol. The lowest BCUT2D eigenvalue weighted by Crippen LogP contribution is -2.53. The van der Waals surface area contributed by atoms with E-state index in [4.69, 9.17) is 0 Å². The molecule has 0 aromatic carbocycles. The van der Waals surface area contributed by atoms with Crippen molar-refractivity contribution in [3.8, 4) is 0 Å². The Morgan fingerprint density at radius 3 is 3.06 bits per heavy atom. The fourth-order valence-corrected chi connectivity index (χ4v) is 2.27. The Morgan fingerprint density at radius 1 is 1.62 bits per heavy atom. The van der Waals surface area contributed by atoms with Crippen LogP contribution in [-0.4, -0.2) is 58.8 Å². The van der Waals surface area contributed by atoms with Crippen molar-refractivity contribution in [3.63, 3.8) is 0 Å². The lowest BCUT2D eigenvalue weighted by Gasteiger charge is -2.37. The molecule has 0 radical (unpaired) electrons. The molecule has 1 fully saturated rings. The zero-order valence-corrected chi connectivity index (χ0v) is 10.2. The van der Waals surface area contributed by atoms with Gasteiger partial charge in [-0.1, -0.05) is 11.3 Å². The summed E-state index contributed by atoms with van der Waals surface area (Å²) in [6.07, 6.45) is 0. The van der Waals surface area contributed by atoms with E-state index < -0.39 is 0 Å². The smallest absolute Gasteiger partial charge is 0.319 e. The zero-order chi connectivity index (χ0) is 11.5. The van der Waals surface area contributed by atoms with Gasteiger partial charge in [0.25, 0.3) is 0 Å². The van der Waals surface area contributed by atoms with E-state index in [1.165, 1.54) is 11.3 Å². The maximum absolute atomic E-state index is 11.9. The summed E-state index contributed by atoms with van der Waals surface area (Å²) in [6, 6.07) is 0.143. The first-order valence-corrected chi connectivity index (χ1v) is 6.07. The molecule has 1 aromatic heterocycles. The third kappa shape index (κ3) is 2.48. The second-order valence-electron chi connectivity index (χ2n) is 3.98. The second kappa shape index (κ2) is 4.75. The van der Waals surface area contributed by atoms with Gasteiger partial charge >= 0.3 is 6.03 Å². The number of piperazine rings is 1. The number of hydrogen-bond acceptors (Lipinski definition) is 5. The summed E-state index contributed by atoms with van der Waals surface area (Å²) in [4.78, 5) is 16.0. The Kier molecular flexibility index (Phi) is 3.35. The quantitative estimate of drug-likeness (QED) is 0.786. The Hall–Kier alpha value is -1.21. The molecule has 0 bridgehead atoms. The van der Waals surface area contributed by atoms with Gasteiger partial charge in [-0.25, -0.2) is 4.79 Å². The summed E-state index contributed by atoms with van der Waals surface area (Å²) in [7, 11) is 2.07. The maximum atomic E-state index is 11.9. The standard InChI is InChI=1S/C9H15N5OS/c1-7-5-13(2)3-4-14(7)9(15)11-8-12-10-6-16-8/h6-7H,3-5H2,1-2H3,(H,11,12,15)/t7-/m1/s1. The minimum atomic E-state index is -0.0858.